The topological polar surface area (TPSA) is 32.3 Å². The van der Waals surface area contributed by atoms with Crippen LogP contribution in [0.3, 0.4) is 0 Å². The number of phenols is 1. The molecule has 0 saturated carbocycles. The molecule has 0 spiro atoms. The predicted molar refractivity (Wildman–Crippen MR) is 89.3 cm³/mol. The summed E-state index contributed by atoms with van der Waals surface area (Å²) in [6, 6.07) is 16.8. The number of fused-ring (bicyclic) bond motifs is 2. The number of nitrogens with one attached hydrogen (secondary N) is 1. The molecule has 4 unspecified atom stereocenters. The van der Waals surface area contributed by atoms with E-state index in [-0.39, 0.29) is 0 Å². The Morgan fingerprint density at radius 1 is 1.00 bits per heavy atom. The second-order valence-corrected chi connectivity index (χ2v) is 6.88. The van der Waals surface area contributed by atoms with Crippen molar-refractivity contribution in [2.75, 3.05) is 13.1 Å². The molecule has 1 heterocycles. The molecule has 2 N–H and O–H groups in total. The van der Waals surface area contributed by atoms with Crippen LogP contribution in [0.4, 0.5) is 0 Å². The molecule has 0 amide bonds. The van der Waals surface area contributed by atoms with Crippen LogP contribution in [-0.4, -0.2) is 18.2 Å². The fourth-order valence-electron chi connectivity index (χ4n) is 4.62. The minimum atomic E-state index is 0.379. The van der Waals surface area contributed by atoms with Gasteiger partial charge in [0.2, 0.25) is 0 Å². The highest BCUT2D eigenvalue weighted by molar-refractivity contribution is 5.37. The van der Waals surface area contributed by atoms with Crippen LogP contribution >= 0.6 is 0 Å². The molecule has 2 aromatic rings. The molecular formula is C20H23NO. The molecule has 2 nitrogen and oxygen atoms in total. The van der Waals surface area contributed by atoms with Gasteiger partial charge in [-0.15, -0.1) is 0 Å². The Labute approximate surface area is 132 Å². The van der Waals surface area contributed by atoms with E-state index in [1.54, 1.807) is 6.07 Å². The number of piperidine rings is 1. The van der Waals surface area contributed by atoms with Crippen LogP contribution in [0.2, 0.25) is 0 Å². The van der Waals surface area contributed by atoms with Gasteiger partial charge in [-0.3, -0.25) is 0 Å². The summed E-state index contributed by atoms with van der Waals surface area (Å²) in [5, 5.41) is 13.5. The van der Waals surface area contributed by atoms with E-state index in [1.807, 2.05) is 12.1 Å². The van der Waals surface area contributed by atoms with Crippen molar-refractivity contribution >= 4 is 0 Å². The third kappa shape index (κ3) is 2.22. The zero-order chi connectivity index (χ0) is 15.1. The Morgan fingerprint density at radius 2 is 1.86 bits per heavy atom. The van der Waals surface area contributed by atoms with Crippen molar-refractivity contribution < 1.29 is 5.11 Å². The molecule has 2 aliphatic rings. The summed E-state index contributed by atoms with van der Waals surface area (Å²) in [5.74, 6) is 2.80. The van der Waals surface area contributed by atoms with E-state index in [2.05, 4.69) is 42.6 Å². The molecular weight excluding hydrogens is 270 g/mol. The van der Waals surface area contributed by atoms with Gasteiger partial charge in [-0.25, -0.2) is 0 Å². The second kappa shape index (κ2) is 5.44. The molecule has 2 heteroatoms. The monoisotopic (exact) mass is 293 g/mol. The van der Waals surface area contributed by atoms with Crippen LogP contribution in [0.1, 0.15) is 35.4 Å². The van der Waals surface area contributed by atoms with E-state index < -0.39 is 0 Å². The lowest BCUT2D eigenvalue weighted by Crippen LogP contribution is -2.47. The number of rotatable bonds is 1. The van der Waals surface area contributed by atoms with E-state index in [9.17, 15) is 5.11 Å². The Morgan fingerprint density at radius 3 is 2.73 bits per heavy atom. The predicted octanol–water partition coefficient (Wildman–Crippen LogP) is 3.67. The van der Waals surface area contributed by atoms with Crippen molar-refractivity contribution in [1.29, 1.82) is 0 Å². The molecule has 0 aromatic heterocycles. The largest absolute Gasteiger partial charge is 0.508 e. The van der Waals surface area contributed by atoms with Crippen molar-refractivity contribution in [3.05, 3.63) is 65.2 Å². The minimum Gasteiger partial charge on any atom is -0.508 e. The molecule has 114 valence electrons. The standard InChI is InChI=1S/C20H23NO/c1-13-17-8-3-2-5-15(17)10-18-19(13)11-21-12-20(18)14-6-4-7-16(22)9-14/h2-9,13,18-22H,10-12H2,1H3. The Kier molecular flexibility index (Phi) is 3.42. The molecule has 4 rings (SSSR count). The highest BCUT2D eigenvalue weighted by Gasteiger charge is 2.41. The lowest BCUT2D eigenvalue weighted by Gasteiger charge is -2.46. The lowest BCUT2D eigenvalue weighted by atomic mass is 9.62. The van der Waals surface area contributed by atoms with E-state index in [4.69, 9.17) is 0 Å². The van der Waals surface area contributed by atoms with Crippen LogP contribution in [-0.2, 0) is 6.42 Å². The molecule has 2 aromatic carbocycles. The average molecular weight is 293 g/mol. The van der Waals surface area contributed by atoms with Gasteiger partial charge in [0.1, 0.15) is 5.75 Å². The van der Waals surface area contributed by atoms with Gasteiger partial charge in [0.25, 0.3) is 0 Å². The first-order valence-corrected chi connectivity index (χ1v) is 8.31. The molecule has 22 heavy (non-hydrogen) atoms. The zero-order valence-corrected chi connectivity index (χ0v) is 13.0. The van der Waals surface area contributed by atoms with Gasteiger partial charge in [-0.1, -0.05) is 43.3 Å². The smallest absolute Gasteiger partial charge is 0.115 e. The van der Waals surface area contributed by atoms with Crippen molar-refractivity contribution in [3.8, 4) is 5.75 Å². The summed E-state index contributed by atoms with van der Waals surface area (Å²) >= 11 is 0. The third-order valence-corrected chi connectivity index (χ3v) is 5.75. The molecule has 1 aliphatic carbocycles. The summed E-state index contributed by atoms with van der Waals surface area (Å²) in [6.45, 7) is 4.50. The third-order valence-electron chi connectivity index (χ3n) is 5.75. The Balaban J connectivity index is 1.72. The van der Waals surface area contributed by atoms with Crippen LogP contribution in [0.5, 0.6) is 5.75 Å². The maximum Gasteiger partial charge on any atom is 0.115 e. The van der Waals surface area contributed by atoms with Gasteiger partial charge >= 0.3 is 0 Å². The van der Waals surface area contributed by atoms with Crippen LogP contribution < -0.4 is 5.32 Å². The van der Waals surface area contributed by atoms with Crippen LogP contribution in [0.25, 0.3) is 0 Å². The molecule has 1 saturated heterocycles. The Hall–Kier alpha value is -1.80. The summed E-state index contributed by atoms with van der Waals surface area (Å²) < 4.78 is 0. The first-order valence-electron chi connectivity index (χ1n) is 8.31. The maximum absolute atomic E-state index is 9.83. The molecule has 0 radical (unpaired) electrons. The average Bonchev–Trinajstić information content (AvgIpc) is 2.55. The Bertz CT molecular complexity index is 681. The minimum absolute atomic E-state index is 0.379. The highest BCUT2D eigenvalue weighted by Crippen LogP contribution is 2.46. The molecule has 1 fully saturated rings. The number of hydrogen-bond acceptors (Lipinski definition) is 2. The highest BCUT2D eigenvalue weighted by atomic mass is 16.3. The maximum atomic E-state index is 9.83. The van der Waals surface area contributed by atoms with Gasteiger partial charge < -0.3 is 10.4 Å². The quantitative estimate of drug-likeness (QED) is 0.841. The summed E-state index contributed by atoms with van der Waals surface area (Å²) in [7, 11) is 0. The van der Waals surface area contributed by atoms with Gasteiger partial charge in [0.05, 0.1) is 0 Å². The van der Waals surface area contributed by atoms with Crippen molar-refractivity contribution in [3.63, 3.8) is 0 Å². The first-order chi connectivity index (χ1) is 10.7. The fourth-order valence-corrected chi connectivity index (χ4v) is 4.62. The van der Waals surface area contributed by atoms with E-state index in [0.717, 1.165) is 19.5 Å². The van der Waals surface area contributed by atoms with Gasteiger partial charge in [-0.05, 0) is 65.5 Å². The lowest BCUT2D eigenvalue weighted by molar-refractivity contribution is 0.178. The van der Waals surface area contributed by atoms with E-state index in [1.165, 1.54) is 16.7 Å². The van der Waals surface area contributed by atoms with Gasteiger partial charge in [0.15, 0.2) is 0 Å². The molecule has 4 atom stereocenters. The van der Waals surface area contributed by atoms with Crippen LogP contribution in [0.15, 0.2) is 48.5 Å². The summed E-state index contributed by atoms with van der Waals surface area (Å²) in [4.78, 5) is 0. The normalized spacial score (nSPS) is 30.4. The number of hydrogen-bond donors (Lipinski definition) is 2. The van der Waals surface area contributed by atoms with Crippen molar-refractivity contribution in [2.45, 2.75) is 25.2 Å². The first kappa shape index (κ1) is 13.8. The number of aromatic hydroxyl groups is 1. The number of phenolic OH excluding ortho intramolecular Hbond substituents is 1. The molecule has 0 bridgehead atoms. The second-order valence-electron chi connectivity index (χ2n) is 6.88. The number of benzene rings is 2. The zero-order valence-electron chi connectivity index (χ0n) is 13.0. The van der Waals surface area contributed by atoms with E-state index >= 15 is 0 Å². The van der Waals surface area contributed by atoms with Gasteiger partial charge in [0, 0.05) is 6.54 Å². The van der Waals surface area contributed by atoms with Crippen molar-refractivity contribution in [2.24, 2.45) is 11.8 Å². The SMILES string of the molecule is CC1c2ccccc2CC2C(c3cccc(O)c3)CNCC12. The molecule has 1 aliphatic heterocycles. The van der Waals surface area contributed by atoms with Gasteiger partial charge in [-0.2, -0.15) is 0 Å². The van der Waals surface area contributed by atoms with Crippen molar-refractivity contribution in [1.82, 2.24) is 5.32 Å². The van der Waals surface area contributed by atoms with E-state index in [0.29, 0.717) is 29.4 Å². The summed E-state index contributed by atoms with van der Waals surface area (Å²) in [5.41, 5.74) is 4.32. The van der Waals surface area contributed by atoms with Crippen LogP contribution in [0, 0.1) is 11.8 Å². The summed E-state index contributed by atoms with van der Waals surface area (Å²) in [6.07, 6.45) is 1.16. The fraction of sp³-hybridized carbons (Fsp3) is 0.400.